The number of nitrogens with one attached hydrogen (secondary N) is 1. The summed E-state index contributed by atoms with van der Waals surface area (Å²) in [4.78, 5) is 11.7. The minimum atomic E-state index is -0.520. The van der Waals surface area contributed by atoms with E-state index in [1.807, 2.05) is 39.8 Å². The Labute approximate surface area is 116 Å². The first-order valence-electron chi connectivity index (χ1n) is 5.74. The molecule has 1 amide bonds. The van der Waals surface area contributed by atoms with E-state index in [-0.39, 0.29) is 6.04 Å². The van der Waals surface area contributed by atoms with E-state index in [4.69, 9.17) is 10.5 Å². The van der Waals surface area contributed by atoms with Crippen LogP contribution >= 0.6 is 15.9 Å². The van der Waals surface area contributed by atoms with Crippen LogP contribution in [0.15, 0.2) is 22.7 Å². The van der Waals surface area contributed by atoms with Crippen molar-refractivity contribution in [3.8, 4) is 0 Å². The van der Waals surface area contributed by atoms with Crippen LogP contribution in [-0.4, -0.2) is 11.7 Å². The maximum absolute atomic E-state index is 11.7. The van der Waals surface area contributed by atoms with Gasteiger partial charge in [0.25, 0.3) is 0 Å². The van der Waals surface area contributed by atoms with E-state index in [2.05, 4.69) is 21.2 Å². The third-order valence-corrected chi connectivity index (χ3v) is 2.63. The number of amides is 1. The van der Waals surface area contributed by atoms with Crippen LogP contribution in [0.5, 0.6) is 0 Å². The van der Waals surface area contributed by atoms with Gasteiger partial charge in [-0.15, -0.1) is 0 Å². The molecule has 0 heterocycles. The minimum Gasteiger partial charge on any atom is -0.444 e. The van der Waals surface area contributed by atoms with E-state index in [1.54, 1.807) is 6.07 Å². The third-order valence-electron chi connectivity index (χ3n) is 2.14. The summed E-state index contributed by atoms with van der Waals surface area (Å²) < 4.78 is 6.12. The number of hydrogen-bond acceptors (Lipinski definition) is 3. The van der Waals surface area contributed by atoms with Gasteiger partial charge in [0.2, 0.25) is 0 Å². The molecule has 0 aliphatic heterocycles. The Morgan fingerprint density at radius 3 is 2.56 bits per heavy atom. The first kappa shape index (κ1) is 15.0. The summed E-state index contributed by atoms with van der Waals surface area (Å²) in [5.41, 5.74) is 6.88. The molecule has 1 aromatic rings. The van der Waals surface area contributed by atoms with E-state index >= 15 is 0 Å². The van der Waals surface area contributed by atoms with Crippen LogP contribution < -0.4 is 11.1 Å². The number of carbonyl (C=O) groups excluding carboxylic acids is 1. The van der Waals surface area contributed by atoms with E-state index in [0.29, 0.717) is 5.69 Å². The van der Waals surface area contributed by atoms with Gasteiger partial charge in [0.05, 0.1) is 0 Å². The van der Waals surface area contributed by atoms with Gasteiger partial charge in [0.1, 0.15) is 5.60 Å². The van der Waals surface area contributed by atoms with Gasteiger partial charge in [-0.25, -0.2) is 4.79 Å². The molecule has 0 aromatic heterocycles. The molecule has 0 saturated heterocycles. The summed E-state index contributed by atoms with van der Waals surface area (Å²) in [5.74, 6) is 0. The predicted octanol–water partition coefficient (Wildman–Crippen LogP) is 3.82. The SMILES string of the molecule is CC(N)c1cc(Br)ccc1NC(=O)OC(C)(C)C. The van der Waals surface area contributed by atoms with Gasteiger partial charge >= 0.3 is 6.09 Å². The van der Waals surface area contributed by atoms with E-state index in [0.717, 1.165) is 10.0 Å². The Morgan fingerprint density at radius 2 is 2.06 bits per heavy atom. The molecular formula is C13H19BrN2O2. The van der Waals surface area contributed by atoms with Crippen LogP contribution in [0, 0.1) is 0 Å². The summed E-state index contributed by atoms with van der Waals surface area (Å²) >= 11 is 3.38. The lowest BCUT2D eigenvalue weighted by Crippen LogP contribution is -2.27. The lowest BCUT2D eigenvalue weighted by Gasteiger charge is -2.21. The van der Waals surface area contributed by atoms with Gasteiger partial charge in [0, 0.05) is 16.2 Å². The Balaban J connectivity index is 2.88. The largest absolute Gasteiger partial charge is 0.444 e. The number of nitrogens with two attached hydrogens (primary N) is 1. The summed E-state index contributed by atoms with van der Waals surface area (Å²) in [6.07, 6.45) is -0.480. The first-order valence-corrected chi connectivity index (χ1v) is 6.53. The zero-order valence-corrected chi connectivity index (χ0v) is 12.7. The Kier molecular flexibility index (Phi) is 4.76. The Hall–Kier alpha value is -1.07. The number of rotatable bonds is 2. The van der Waals surface area contributed by atoms with Crippen LogP contribution in [-0.2, 0) is 4.74 Å². The standard InChI is InChI=1S/C13H19BrN2O2/c1-8(15)10-7-9(14)5-6-11(10)16-12(17)18-13(2,3)4/h5-8H,15H2,1-4H3,(H,16,17). The van der Waals surface area contributed by atoms with Crippen LogP contribution in [0.25, 0.3) is 0 Å². The molecule has 3 N–H and O–H groups in total. The van der Waals surface area contributed by atoms with Crippen LogP contribution in [0.1, 0.15) is 39.3 Å². The van der Waals surface area contributed by atoms with Gasteiger partial charge in [-0.05, 0) is 51.5 Å². The van der Waals surface area contributed by atoms with Gasteiger partial charge < -0.3 is 10.5 Å². The fraction of sp³-hybridized carbons (Fsp3) is 0.462. The molecule has 0 aliphatic rings. The number of anilines is 1. The number of hydrogen-bond donors (Lipinski definition) is 2. The van der Waals surface area contributed by atoms with Crippen molar-refractivity contribution < 1.29 is 9.53 Å². The topological polar surface area (TPSA) is 64.3 Å². The summed E-state index contributed by atoms with van der Waals surface area (Å²) in [5, 5.41) is 2.71. The molecule has 0 fully saturated rings. The molecule has 0 bridgehead atoms. The molecule has 4 nitrogen and oxygen atoms in total. The monoisotopic (exact) mass is 314 g/mol. The van der Waals surface area contributed by atoms with E-state index < -0.39 is 11.7 Å². The van der Waals surface area contributed by atoms with E-state index in [1.165, 1.54) is 0 Å². The molecular weight excluding hydrogens is 296 g/mol. The molecule has 0 radical (unpaired) electrons. The highest BCUT2D eigenvalue weighted by molar-refractivity contribution is 9.10. The van der Waals surface area contributed by atoms with Crippen molar-refractivity contribution in [3.05, 3.63) is 28.2 Å². The smallest absolute Gasteiger partial charge is 0.412 e. The highest BCUT2D eigenvalue weighted by Gasteiger charge is 2.17. The molecule has 0 spiro atoms. The fourth-order valence-electron chi connectivity index (χ4n) is 1.44. The van der Waals surface area contributed by atoms with Crippen molar-refractivity contribution in [1.29, 1.82) is 0 Å². The minimum absolute atomic E-state index is 0.174. The summed E-state index contributed by atoms with van der Waals surface area (Å²) in [7, 11) is 0. The number of halogens is 1. The van der Waals surface area contributed by atoms with Crippen LogP contribution in [0.3, 0.4) is 0 Å². The fourth-order valence-corrected chi connectivity index (χ4v) is 1.82. The zero-order valence-electron chi connectivity index (χ0n) is 11.1. The molecule has 1 rings (SSSR count). The first-order chi connectivity index (χ1) is 8.19. The maximum Gasteiger partial charge on any atom is 0.412 e. The van der Waals surface area contributed by atoms with Crippen molar-refractivity contribution >= 4 is 27.7 Å². The number of carbonyl (C=O) groups is 1. The molecule has 1 unspecified atom stereocenters. The third kappa shape index (κ3) is 4.66. The molecule has 1 atom stereocenters. The molecule has 100 valence electrons. The van der Waals surface area contributed by atoms with Crippen LogP contribution in [0.4, 0.5) is 10.5 Å². The highest BCUT2D eigenvalue weighted by Crippen LogP contribution is 2.26. The summed E-state index contributed by atoms with van der Waals surface area (Å²) in [6.45, 7) is 7.32. The van der Waals surface area contributed by atoms with Crippen molar-refractivity contribution in [1.82, 2.24) is 0 Å². The molecule has 0 aliphatic carbocycles. The van der Waals surface area contributed by atoms with Crippen molar-refractivity contribution in [2.75, 3.05) is 5.32 Å². The van der Waals surface area contributed by atoms with Crippen molar-refractivity contribution in [2.24, 2.45) is 5.73 Å². The van der Waals surface area contributed by atoms with Crippen molar-refractivity contribution in [2.45, 2.75) is 39.3 Å². The Bertz CT molecular complexity index is 439. The second kappa shape index (κ2) is 5.71. The number of benzene rings is 1. The second-order valence-electron chi connectivity index (χ2n) is 5.15. The Morgan fingerprint density at radius 1 is 1.44 bits per heavy atom. The lowest BCUT2D eigenvalue weighted by atomic mass is 10.1. The van der Waals surface area contributed by atoms with Crippen molar-refractivity contribution in [3.63, 3.8) is 0 Å². The molecule has 1 aromatic carbocycles. The molecule has 5 heteroatoms. The van der Waals surface area contributed by atoms with Crippen LogP contribution in [0.2, 0.25) is 0 Å². The van der Waals surface area contributed by atoms with E-state index in [9.17, 15) is 4.79 Å². The number of ether oxygens (including phenoxy) is 1. The lowest BCUT2D eigenvalue weighted by molar-refractivity contribution is 0.0636. The van der Waals surface area contributed by atoms with Gasteiger partial charge in [-0.1, -0.05) is 15.9 Å². The van der Waals surface area contributed by atoms with Gasteiger partial charge in [-0.3, -0.25) is 5.32 Å². The maximum atomic E-state index is 11.7. The quantitative estimate of drug-likeness (QED) is 0.872. The average molecular weight is 315 g/mol. The highest BCUT2D eigenvalue weighted by atomic mass is 79.9. The van der Waals surface area contributed by atoms with Gasteiger partial charge in [-0.2, -0.15) is 0 Å². The second-order valence-corrected chi connectivity index (χ2v) is 6.06. The van der Waals surface area contributed by atoms with Gasteiger partial charge in [0.15, 0.2) is 0 Å². The zero-order chi connectivity index (χ0) is 13.9. The summed E-state index contributed by atoms with van der Waals surface area (Å²) in [6, 6.07) is 5.36. The molecule has 0 saturated carbocycles. The predicted molar refractivity (Wildman–Crippen MR) is 76.6 cm³/mol. The molecule has 18 heavy (non-hydrogen) atoms. The normalized spacial score (nSPS) is 13.0. The average Bonchev–Trinajstić information content (AvgIpc) is 2.17.